The van der Waals surface area contributed by atoms with Crippen molar-refractivity contribution in [1.82, 2.24) is 0 Å². The summed E-state index contributed by atoms with van der Waals surface area (Å²) in [6, 6.07) is 26.3. The van der Waals surface area contributed by atoms with Gasteiger partial charge in [-0.25, -0.2) is 0 Å². The highest BCUT2D eigenvalue weighted by atomic mass is 31.1. The average Bonchev–Trinajstić information content (AvgIpc) is 2.59. The summed E-state index contributed by atoms with van der Waals surface area (Å²) in [4.78, 5) is 0. The van der Waals surface area contributed by atoms with Crippen molar-refractivity contribution in [2.24, 2.45) is 0 Å². The van der Waals surface area contributed by atoms with Crippen molar-refractivity contribution in [2.45, 2.75) is 13.8 Å². The molecule has 0 unspecified atom stereocenters. The molecular weight excluding hydrogens is 295 g/mol. The Morgan fingerprint density at radius 2 is 1.17 bits per heavy atom. The molecule has 0 amide bonds. The molecule has 0 saturated heterocycles. The maximum atomic E-state index is 3.86. The summed E-state index contributed by atoms with van der Waals surface area (Å²) in [5.41, 5.74) is 3.88. The van der Waals surface area contributed by atoms with Gasteiger partial charge in [0, 0.05) is 0 Å². The minimum absolute atomic E-state index is 0.539. The van der Waals surface area contributed by atoms with E-state index in [1.54, 1.807) is 0 Å². The van der Waals surface area contributed by atoms with Gasteiger partial charge in [0.05, 0.1) is 0 Å². The predicted molar refractivity (Wildman–Crippen MR) is 105 cm³/mol. The number of aryl methyl sites for hydroxylation is 2. The fraction of sp³-hybridized carbons (Fsp3) is 0.0909. The third-order valence-corrected chi connectivity index (χ3v) is 6.88. The first kappa shape index (κ1) is 15.7. The van der Waals surface area contributed by atoms with Gasteiger partial charge in [-0.2, -0.15) is 0 Å². The summed E-state index contributed by atoms with van der Waals surface area (Å²) >= 11 is 0. The lowest BCUT2D eigenvalue weighted by molar-refractivity contribution is 1.50. The largest absolute Gasteiger partial charge is 0.0985 e. The maximum absolute atomic E-state index is 3.86. The molecule has 0 atom stereocenters. The minimum atomic E-state index is -0.539. The van der Waals surface area contributed by atoms with Gasteiger partial charge in [-0.15, -0.1) is 0 Å². The van der Waals surface area contributed by atoms with E-state index < -0.39 is 7.92 Å². The topological polar surface area (TPSA) is 0 Å². The first-order chi connectivity index (χ1) is 11.2. The smallest absolute Gasteiger partial charge is 0.0122 e. The van der Waals surface area contributed by atoms with E-state index in [-0.39, 0.29) is 0 Å². The Kier molecular flexibility index (Phi) is 4.74. The molecule has 3 aromatic rings. The van der Waals surface area contributed by atoms with Gasteiger partial charge < -0.3 is 0 Å². The molecule has 0 spiro atoms. The zero-order valence-electron chi connectivity index (χ0n) is 13.7. The second-order valence-electron chi connectivity index (χ2n) is 5.70. The van der Waals surface area contributed by atoms with E-state index in [2.05, 4.69) is 93.2 Å². The van der Waals surface area contributed by atoms with Crippen LogP contribution in [0.5, 0.6) is 0 Å². The fourth-order valence-electron chi connectivity index (χ4n) is 2.80. The molecule has 23 heavy (non-hydrogen) atoms. The van der Waals surface area contributed by atoms with E-state index in [1.807, 2.05) is 6.08 Å². The third-order valence-electron chi connectivity index (χ3n) is 4.10. The molecule has 3 aromatic carbocycles. The van der Waals surface area contributed by atoms with Gasteiger partial charge in [0.2, 0.25) is 0 Å². The Hall–Kier alpha value is -2.17. The Morgan fingerprint density at radius 3 is 1.61 bits per heavy atom. The van der Waals surface area contributed by atoms with Crippen molar-refractivity contribution in [2.75, 3.05) is 0 Å². The van der Waals surface area contributed by atoms with Crippen molar-refractivity contribution in [3.8, 4) is 0 Å². The summed E-state index contributed by atoms with van der Waals surface area (Å²) in [5, 5.41) is 4.25. The second kappa shape index (κ2) is 6.94. The van der Waals surface area contributed by atoms with Crippen LogP contribution in [0.25, 0.3) is 6.08 Å². The zero-order valence-corrected chi connectivity index (χ0v) is 14.6. The highest BCUT2D eigenvalue weighted by Crippen LogP contribution is 2.35. The zero-order chi connectivity index (χ0) is 16.2. The summed E-state index contributed by atoms with van der Waals surface area (Å²) in [6.45, 7) is 8.27. The SMILES string of the molecule is C=Cc1ccc(P(c2ccccc2C)c2ccccc2C)cc1. The van der Waals surface area contributed by atoms with Crippen LogP contribution >= 0.6 is 7.92 Å². The summed E-state index contributed by atoms with van der Waals surface area (Å²) in [6.07, 6.45) is 1.90. The van der Waals surface area contributed by atoms with Crippen molar-refractivity contribution < 1.29 is 0 Å². The molecular formula is C22H21P. The van der Waals surface area contributed by atoms with Gasteiger partial charge in [0.25, 0.3) is 0 Å². The van der Waals surface area contributed by atoms with E-state index in [0.717, 1.165) is 0 Å². The molecule has 114 valence electrons. The lowest BCUT2D eigenvalue weighted by Gasteiger charge is -2.23. The Labute approximate surface area is 140 Å². The fourth-order valence-corrected chi connectivity index (χ4v) is 5.38. The Morgan fingerprint density at radius 1 is 0.696 bits per heavy atom. The number of benzene rings is 3. The molecule has 0 aromatic heterocycles. The number of rotatable bonds is 4. The van der Waals surface area contributed by atoms with Crippen LogP contribution in [0.3, 0.4) is 0 Å². The monoisotopic (exact) mass is 316 g/mol. The normalized spacial score (nSPS) is 10.7. The molecule has 0 fully saturated rings. The highest BCUT2D eigenvalue weighted by molar-refractivity contribution is 7.80. The Balaban J connectivity index is 2.19. The van der Waals surface area contributed by atoms with Crippen molar-refractivity contribution in [1.29, 1.82) is 0 Å². The van der Waals surface area contributed by atoms with E-state index >= 15 is 0 Å². The van der Waals surface area contributed by atoms with Gasteiger partial charge in [0.15, 0.2) is 0 Å². The van der Waals surface area contributed by atoms with Crippen LogP contribution in [0.4, 0.5) is 0 Å². The summed E-state index contributed by atoms with van der Waals surface area (Å²) < 4.78 is 0. The third kappa shape index (κ3) is 3.28. The molecule has 1 heteroatoms. The van der Waals surface area contributed by atoms with Crippen LogP contribution in [0.15, 0.2) is 79.4 Å². The van der Waals surface area contributed by atoms with Crippen LogP contribution in [0.2, 0.25) is 0 Å². The first-order valence-electron chi connectivity index (χ1n) is 7.84. The van der Waals surface area contributed by atoms with Crippen LogP contribution in [-0.2, 0) is 0 Å². The number of hydrogen-bond donors (Lipinski definition) is 0. The van der Waals surface area contributed by atoms with Gasteiger partial charge in [-0.3, -0.25) is 0 Å². The molecule has 0 heterocycles. The quantitative estimate of drug-likeness (QED) is 0.612. The standard InChI is InChI=1S/C22H21P/c1-4-19-13-15-20(16-14-19)23(21-11-7-5-9-17(21)2)22-12-8-6-10-18(22)3/h4-16H,1H2,2-3H3. The van der Waals surface area contributed by atoms with Crippen LogP contribution in [0.1, 0.15) is 16.7 Å². The lowest BCUT2D eigenvalue weighted by Crippen LogP contribution is -2.23. The molecule has 0 nitrogen and oxygen atoms in total. The first-order valence-corrected chi connectivity index (χ1v) is 9.19. The van der Waals surface area contributed by atoms with Gasteiger partial charge in [-0.05, 0) is 54.4 Å². The van der Waals surface area contributed by atoms with Crippen LogP contribution < -0.4 is 15.9 Å². The van der Waals surface area contributed by atoms with Crippen LogP contribution in [-0.4, -0.2) is 0 Å². The molecule has 0 aliphatic rings. The second-order valence-corrected chi connectivity index (χ2v) is 7.85. The lowest BCUT2D eigenvalue weighted by atomic mass is 10.2. The number of hydrogen-bond acceptors (Lipinski definition) is 0. The maximum Gasteiger partial charge on any atom is -0.0122 e. The molecule has 3 rings (SSSR count). The van der Waals surface area contributed by atoms with Crippen molar-refractivity contribution >= 4 is 29.9 Å². The van der Waals surface area contributed by atoms with E-state index in [0.29, 0.717) is 0 Å². The van der Waals surface area contributed by atoms with Gasteiger partial charge in [-0.1, -0.05) is 85.5 Å². The van der Waals surface area contributed by atoms with E-state index in [1.165, 1.54) is 32.6 Å². The molecule has 0 aliphatic carbocycles. The average molecular weight is 316 g/mol. The van der Waals surface area contributed by atoms with Crippen molar-refractivity contribution in [3.63, 3.8) is 0 Å². The molecule has 0 aliphatic heterocycles. The summed E-state index contributed by atoms with van der Waals surface area (Å²) in [7, 11) is -0.539. The minimum Gasteiger partial charge on any atom is -0.0985 e. The van der Waals surface area contributed by atoms with Gasteiger partial charge >= 0.3 is 0 Å². The molecule has 0 N–H and O–H groups in total. The van der Waals surface area contributed by atoms with Gasteiger partial charge in [0.1, 0.15) is 0 Å². The van der Waals surface area contributed by atoms with E-state index in [9.17, 15) is 0 Å². The summed E-state index contributed by atoms with van der Waals surface area (Å²) in [5.74, 6) is 0. The molecule has 0 bridgehead atoms. The highest BCUT2D eigenvalue weighted by Gasteiger charge is 2.19. The van der Waals surface area contributed by atoms with E-state index in [4.69, 9.17) is 0 Å². The van der Waals surface area contributed by atoms with Crippen LogP contribution in [0, 0.1) is 13.8 Å². The predicted octanol–water partition coefficient (Wildman–Crippen LogP) is 4.70. The molecule has 0 saturated carbocycles. The van der Waals surface area contributed by atoms with Crippen molar-refractivity contribution in [3.05, 3.63) is 96.1 Å². The Bertz CT molecular complexity index is 770. The molecule has 0 radical (unpaired) electrons.